The van der Waals surface area contributed by atoms with Gasteiger partial charge in [-0.15, -0.1) is 0 Å². The van der Waals surface area contributed by atoms with Crippen LogP contribution in [0.5, 0.6) is 11.5 Å². The van der Waals surface area contributed by atoms with Crippen LogP contribution in [0, 0.1) is 0 Å². The molecule has 1 N–H and O–H groups in total. The number of aliphatic hydroxyl groups excluding tert-OH is 1. The number of aromatic nitrogens is 1. The first-order valence-electron chi connectivity index (χ1n) is 11.9. The fourth-order valence-electron chi connectivity index (χ4n) is 4.14. The molecule has 8 nitrogen and oxygen atoms in total. The fraction of sp³-hybridized carbons (Fsp3) is 0.370. The molecule has 2 heterocycles. The Balaban J connectivity index is 2.13. The van der Waals surface area contributed by atoms with Crippen molar-refractivity contribution in [3.8, 4) is 11.5 Å². The Labute approximate surface area is 206 Å². The minimum absolute atomic E-state index is 0.0444. The Morgan fingerprint density at radius 3 is 2.46 bits per heavy atom. The van der Waals surface area contributed by atoms with Gasteiger partial charge in [-0.3, -0.25) is 14.6 Å². The molecule has 0 radical (unpaired) electrons. The maximum Gasteiger partial charge on any atom is 0.295 e. The number of ether oxygens (including phenoxy) is 2. The number of Topliss-reactive ketones (excluding diaryl/α,β-unsaturated/α-hetero) is 1. The second kappa shape index (κ2) is 12.2. The van der Waals surface area contributed by atoms with Crippen LogP contribution in [0.1, 0.15) is 37.9 Å². The number of amides is 1. The summed E-state index contributed by atoms with van der Waals surface area (Å²) in [5.74, 6) is -0.558. The van der Waals surface area contributed by atoms with Crippen LogP contribution in [-0.2, 0) is 9.59 Å². The Kier molecular flexibility index (Phi) is 9.03. The molecule has 1 aromatic heterocycles. The average Bonchev–Trinajstić information content (AvgIpc) is 3.13. The lowest BCUT2D eigenvalue weighted by molar-refractivity contribution is -0.140. The normalized spacial score (nSPS) is 17.1. The Bertz CT molecular complexity index is 1080. The zero-order valence-electron chi connectivity index (χ0n) is 20.6. The molecule has 2 aromatic rings. The van der Waals surface area contributed by atoms with Crippen molar-refractivity contribution >= 4 is 17.4 Å². The van der Waals surface area contributed by atoms with E-state index in [1.807, 2.05) is 6.92 Å². The van der Waals surface area contributed by atoms with E-state index in [1.165, 1.54) is 17.3 Å². The van der Waals surface area contributed by atoms with Crippen LogP contribution >= 0.6 is 0 Å². The number of aliphatic hydroxyl groups is 1. The van der Waals surface area contributed by atoms with Crippen molar-refractivity contribution in [2.24, 2.45) is 0 Å². The molecule has 0 saturated carbocycles. The molecule has 1 saturated heterocycles. The molecule has 0 aliphatic carbocycles. The third kappa shape index (κ3) is 5.71. The molecule has 3 rings (SSSR count). The van der Waals surface area contributed by atoms with Gasteiger partial charge >= 0.3 is 0 Å². The molecule has 0 spiro atoms. The molecule has 1 aromatic carbocycles. The third-order valence-electron chi connectivity index (χ3n) is 5.99. The summed E-state index contributed by atoms with van der Waals surface area (Å²) in [4.78, 5) is 34.1. The first kappa shape index (κ1) is 26.0. The van der Waals surface area contributed by atoms with Crippen LogP contribution < -0.4 is 9.47 Å². The van der Waals surface area contributed by atoms with Crippen LogP contribution in [0.4, 0.5) is 0 Å². The summed E-state index contributed by atoms with van der Waals surface area (Å²) in [5, 5.41) is 11.1. The lowest BCUT2D eigenvalue weighted by atomic mass is 9.95. The average molecular weight is 480 g/mol. The van der Waals surface area contributed by atoms with Crippen LogP contribution in [0.25, 0.3) is 5.76 Å². The van der Waals surface area contributed by atoms with E-state index in [9.17, 15) is 14.7 Å². The van der Waals surface area contributed by atoms with Crippen molar-refractivity contribution in [1.29, 1.82) is 0 Å². The molecule has 1 fully saturated rings. The van der Waals surface area contributed by atoms with Crippen molar-refractivity contribution in [3.63, 3.8) is 0 Å². The molecular formula is C27H33N3O5. The molecule has 0 bridgehead atoms. The predicted octanol–water partition coefficient (Wildman–Crippen LogP) is 3.81. The quantitative estimate of drug-likeness (QED) is 0.214. The Morgan fingerprint density at radius 1 is 1.11 bits per heavy atom. The highest BCUT2D eigenvalue weighted by atomic mass is 16.5. The van der Waals surface area contributed by atoms with E-state index in [0.717, 1.165) is 13.1 Å². The lowest BCUT2D eigenvalue weighted by Crippen LogP contribution is -2.38. The van der Waals surface area contributed by atoms with E-state index >= 15 is 0 Å². The number of likely N-dealkylation sites (N-methyl/N-ethyl adjacent to an activating group) is 1. The number of hydrogen-bond acceptors (Lipinski definition) is 7. The zero-order chi connectivity index (χ0) is 25.4. The topological polar surface area (TPSA) is 92.2 Å². The minimum Gasteiger partial charge on any atom is -0.507 e. The van der Waals surface area contributed by atoms with Gasteiger partial charge in [0.2, 0.25) is 0 Å². The number of nitrogens with zero attached hydrogens (tertiary/aromatic N) is 3. The second-order valence-electron chi connectivity index (χ2n) is 7.99. The number of hydrogen-bond donors (Lipinski definition) is 1. The van der Waals surface area contributed by atoms with E-state index in [1.54, 1.807) is 36.4 Å². The van der Waals surface area contributed by atoms with Gasteiger partial charge in [0.15, 0.2) is 11.5 Å². The first-order valence-corrected chi connectivity index (χ1v) is 11.9. The van der Waals surface area contributed by atoms with E-state index in [2.05, 4.69) is 30.3 Å². The van der Waals surface area contributed by atoms with Crippen LogP contribution in [0.2, 0.25) is 0 Å². The second-order valence-corrected chi connectivity index (χ2v) is 7.99. The number of rotatable bonds is 12. The van der Waals surface area contributed by atoms with Gasteiger partial charge in [0.25, 0.3) is 11.7 Å². The van der Waals surface area contributed by atoms with Gasteiger partial charge in [0, 0.05) is 31.0 Å². The van der Waals surface area contributed by atoms with E-state index in [0.29, 0.717) is 48.9 Å². The van der Waals surface area contributed by atoms with Gasteiger partial charge in [-0.1, -0.05) is 32.6 Å². The van der Waals surface area contributed by atoms with Crippen LogP contribution in [-0.4, -0.2) is 71.0 Å². The van der Waals surface area contributed by atoms with Crippen molar-refractivity contribution in [2.45, 2.75) is 26.8 Å². The lowest BCUT2D eigenvalue weighted by Gasteiger charge is -2.28. The third-order valence-corrected chi connectivity index (χ3v) is 5.99. The summed E-state index contributed by atoms with van der Waals surface area (Å²) in [6.07, 6.45) is 4.69. The summed E-state index contributed by atoms with van der Waals surface area (Å²) in [7, 11) is 0. The van der Waals surface area contributed by atoms with Gasteiger partial charge in [-0.05, 0) is 49.8 Å². The Morgan fingerprint density at radius 2 is 1.83 bits per heavy atom. The number of carbonyl (C=O) groups excluding carboxylic acids is 2. The van der Waals surface area contributed by atoms with Crippen molar-refractivity contribution < 1.29 is 24.2 Å². The molecule has 1 amide bonds. The van der Waals surface area contributed by atoms with E-state index in [-0.39, 0.29) is 11.3 Å². The van der Waals surface area contributed by atoms with Gasteiger partial charge in [0.05, 0.1) is 18.2 Å². The SMILES string of the molecule is C=CCOc1ccc(C2C(=C(O)c3ccncc3)C(=O)C(=O)N2CCN(CC)CC)cc1OCC. The van der Waals surface area contributed by atoms with E-state index in [4.69, 9.17) is 9.47 Å². The number of carbonyl (C=O) groups is 2. The maximum absolute atomic E-state index is 13.2. The summed E-state index contributed by atoms with van der Waals surface area (Å²) < 4.78 is 11.5. The Hall–Kier alpha value is -3.65. The largest absolute Gasteiger partial charge is 0.507 e. The highest BCUT2D eigenvalue weighted by molar-refractivity contribution is 6.46. The van der Waals surface area contributed by atoms with Gasteiger partial charge < -0.3 is 24.4 Å². The molecule has 8 heteroatoms. The van der Waals surface area contributed by atoms with Crippen molar-refractivity contribution in [3.05, 3.63) is 72.1 Å². The number of likely N-dealkylation sites (tertiary alicyclic amines) is 1. The molecule has 186 valence electrons. The number of benzene rings is 1. The predicted molar refractivity (Wildman–Crippen MR) is 134 cm³/mol. The molecule has 1 aliphatic rings. The molecule has 1 atom stereocenters. The molecule has 35 heavy (non-hydrogen) atoms. The summed E-state index contributed by atoms with van der Waals surface area (Å²) in [5.41, 5.74) is 1.11. The zero-order valence-corrected chi connectivity index (χ0v) is 20.6. The molecular weight excluding hydrogens is 446 g/mol. The summed E-state index contributed by atoms with van der Waals surface area (Å²) in [6.45, 7) is 12.9. The highest BCUT2D eigenvalue weighted by Crippen LogP contribution is 2.42. The van der Waals surface area contributed by atoms with Crippen molar-refractivity contribution in [1.82, 2.24) is 14.8 Å². The first-order chi connectivity index (χ1) is 17.0. The summed E-state index contributed by atoms with van der Waals surface area (Å²) in [6, 6.07) is 7.75. The summed E-state index contributed by atoms with van der Waals surface area (Å²) >= 11 is 0. The molecule has 1 unspecified atom stereocenters. The fourth-order valence-corrected chi connectivity index (χ4v) is 4.14. The van der Waals surface area contributed by atoms with Crippen molar-refractivity contribution in [2.75, 3.05) is 39.4 Å². The van der Waals surface area contributed by atoms with Crippen LogP contribution in [0.3, 0.4) is 0 Å². The highest BCUT2D eigenvalue weighted by Gasteiger charge is 2.46. The standard InChI is InChI=1S/C27H33N3O5/c1-5-17-35-21-10-9-20(18-22(21)34-8-4)24-23(25(31)19-11-13-28-14-12-19)26(32)27(33)30(24)16-15-29(6-2)7-3/h5,9-14,18,24,31H,1,6-8,15-17H2,2-4H3. The van der Waals surface area contributed by atoms with Gasteiger partial charge in [0.1, 0.15) is 12.4 Å². The smallest absolute Gasteiger partial charge is 0.295 e. The van der Waals surface area contributed by atoms with Gasteiger partial charge in [-0.2, -0.15) is 0 Å². The monoisotopic (exact) mass is 479 g/mol. The maximum atomic E-state index is 13.2. The molecule has 1 aliphatic heterocycles. The number of pyridine rings is 1. The van der Waals surface area contributed by atoms with Gasteiger partial charge in [-0.25, -0.2) is 0 Å². The number of ketones is 1. The van der Waals surface area contributed by atoms with Crippen LogP contribution in [0.15, 0.2) is 61.0 Å². The van der Waals surface area contributed by atoms with E-state index < -0.39 is 17.7 Å². The minimum atomic E-state index is -0.772.